The third-order valence-corrected chi connectivity index (χ3v) is 4.45. The van der Waals surface area contributed by atoms with Gasteiger partial charge < -0.3 is 10.1 Å². The minimum Gasteiger partial charge on any atom is -0.497 e. The molecule has 2 aliphatic rings. The fourth-order valence-corrected chi connectivity index (χ4v) is 3.55. The number of hydrogen-bond acceptors (Lipinski definition) is 2. The van der Waals surface area contributed by atoms with Gasteiger partial charge >= 0.3 is 0 Å². The summed E-state index contributed by atoms with van der Waals surface area (Å²) < 4.78 is 5.34. The number of hydrogen-bond donors (Lipinski definition) is 1. The largest absolute Gasteiger partial charge is 0.497 e. The first-order valence-corrected chi connectivity index (χ1v) is 6.74. The maximum absolute atomic E-state index is 5.34. The molecule has 0 amide bonds. The molecule has 1 aromatic rings. The molecule has 2 bridgehead atoms. The Kier molecular flexibility index (Phi) is 3.06. The molecule has 1 saturated carbocycles. The molecule has 17 heavy (non-hydrogen) atoms. The van der Waals surface area contributed by atoms with E-state index in [9.17, 15) is 0 Å². The quantitative estimate of drug-likeness (QED) is 0.845. The average Bonchev–Trinajstić information content (AvgIpc) is 2.39. The zero-order chi connectivity index (χ0) is 11.7. The molecule has 3 rings (SSSR count). The van der Waals surface area contributed by atoms with Crippen LogP contribution in [0.3, 0.4) is 0 Å². The molecule has 2 fully saturated rings. The molecule has 0 radical (unpaired) electrons. The molecule has 92 valence electrons. The predicted octanol–water partition coefficient (Wildman–Crippen LogP) is 2.94. The van der Waals surface area contributed by atoms with Crippen LogP contribution in [-0.2, 0) is 0 Å². The smallest absolute Gasteiger partial charge is 0.119 e. The summed E-state index contributed by atoms with van der Waals surface area (Å²) in [5.41, 5.74) is 1.48. The molecule has 1 saturated heterocycles. The Hall–Kier alpha value is -1.02. The maximum Gasteiger partial charge on any atom is 0.119 e. The van der Waals surface area contributed by atoms with Crippen LogP contribution in [0.4, 0.5) is 0 Å². The molecule has 1 aromatic carbocycles. The van der Waals surface area contributed by atoms with Gasteiger partial charge in [0.2, 0.25) is 0 Å². The van der Waals surface area contributed by atoms with Crippen molar-refractivity contribution in [2.24, 2.45) is 5.92 Å². The van der Waals surface area contributed by atoms with E-state index in [2.05, 4.69) is 23.5 Å². The summed E-state index contributed by atoms with van der Waals surface area (Å²) in [4.78, 5) is 0. The fourth-order valence-electron chi connectivity index (χ4n) is 3.55. The minimum atomic E-state index is 0.753. The van der Waals surface area contributed by atoms with Crippen LogP contribution in [0.15, 0.2) is 24.3 Å². The first-order valence-electron chi connectivity index (χ1n) is 6.74. The van der Waals surface area contributed by atoms with Crippen molar-refractivity contribution in [3.63, 3.8) is 0 Å². The lowest BCUT2D eigenvalue weighted by Crippen LogP contribution is -2.43. The van der Waals surface area contributed by atoms with E-state index in [1.807, 2.05) is 6.07 Å². The van der Waals surface area contributed by atoms with E-state index in [1.165, 1.54) is 37.8 Å². The van der Waals surface area contributed by atoms with Crippen molar-refractivity contribution in [1.82, 2.24) is 5.32 Å². The number of ether oxygens (including phenoxy) is 1. The summed E-state index contributed by atoms with van der Waals surface area (Å²) in [6.45, 7) is 1.20. The van der Waals surface area contributed by atoms with E-state index >= 15 is 0 Å². The molecule has 1 aliphatic heterocycles. The molecule has 3 atom stereocenters. The number of fused-ring (bicyclic) bond motifs is 2. The highest BCUT2D eigenvalue weighted by atomic mass is 16.5. The van der Waals surface area contributed by atoms with Crippen LogP contribution in [-0.4, -0.2) is 19.7 Å². The zero-order valence-corrected chi connectivity index (χ0v) is 10.5. The van der Waals surface area contributed by atoms with Crippen LogP contribution in [0.1, 0.15) is 37.2 Å². The molecule has 3 unspecified atom stereocenters. The lowest BCUT2D eigenvalue weighted by Gasteiger charge is -2.41. The van der Waals surface area contributed by atoms with Crippen LogP contribution < -0.4 is 10.1 Å². The van der Waals surface area contributed by atoms with E-state index in [4.69, 9.17) is 4.74 Å². The van der Waals surface area contributed by atoms with Crippen LogP contribution in [0.5, 0.6) is 5.75 Å². The van der Waals surface area contributed by atoms with Crippen molar-refractivity contribution < 1.29 is 4.74 Å². The first-order chi connectivity index (χ1) is 8.36. The predicted molar refractivity (Wildman–Crippen MR) is 69.5 cm³/mol. The molecule has 1 aliphatic carbocycles. The van der Waals surface area contributed by atoms with Crippen molar-refractivity contribution in [1.29, 1.82) is 0 Å². The fraction of sp³-hybridized carbons (Fsp3) is 0.600. The van der Waals surface area contributed by atoms with E-state index in [0.717, 1.165) is 23.6 Å². The minimum absolute atomic E-state index is 0.753. The number of nitrogens with one attached hydrogen (secondary N) is 1. The van der Waals surface area contributed by atoms with Gasteiger partial charge in [-0.15, -0.1) is 0 Å². The molecule has 2 heteroatoms. The third-order valence-electron chi connectivity index (χ3n) is 4.45. The van der Waals surface area contributed by atoms with Crippen molar-refractivity contribution in [3.8, 4) is 5.75 Å². The lowest BCUT2D eigenvalue weighted by atomic mass is 9.70. The Morgan fingerprint density at radius 1 is 1.24 bits per heavy atom. The Labute approximate surface area is 103 Å². The number of piperidine rings is 1. The second kappa shape index (κ2) is 4.69. The van der Waals surface area contributed by atoms with Crippen LogP contribution in [0.2, 0.25) is 0 Å². The van der Waals surface area contributed by atoms with Crippen molar-refractivity contribution in [3.05, 3.63) is 29.8 Å². The van der Waals surface area contributed by atoms with E-state index in [-0.39, 0.29) is 0 Å². The van der Waals surface area contributed by atoms with Gasteiger partial charge in [0.25, 0.3) is 0 Å². The first kappa shape index (κ1) is 11.1. The standard InChI is InChI=1S/C15H21NO/c1-17-14-4-2-3-11(10-14)15-6-5-13-9-12(15)7-8-16-13/h2-4,10,12-13,15-16H,5-9H2,1H3. The highest BCUT2D eigenvalue weighted by Gasteiger charge is 2.33. The van der Waals surface area contributed by atoms with Crippen LogP contribution >= 0.6 is 0 Å². The Balaban J connectivity index is 1.82. The molecule has 1 N–H and O–H groups in total. The van der Waals surface area contributed by atoms with E-state index in [0.29, 0.717) is 0 Å². The van der Waals surface area contributed by atoms with Gasteiger partial charge in [0, 0.05) is 6.04 Å². The second-order valence-electron chi connectivity index (χ2n) is 5.40. The number of methoxy groups -OCH3 is 1. The van der Waals surface area contributed by atoms with Gasteiger partial charge in [-0.1, -0.05) is 12.1 Å². The summed E-state index contributed by atoms with van der Waals surface area (Å²) in [6, 6.07) is 9.46. The monoisotopic (exact) mass is 231 g/mol. The van der Waals surface area contributed by atoms with Gasteiger partial charge in [-0.25, -0.2) is 0 Å². The average molecular weight is 231 g/mol. The molecule has 0 aromatic heterocycles. The Bertz CT molecular complexity index is 390. The lowest BCUT2D eigenvalue weighted by molar-refractivity contribution is 0.194. The normalized spacial score (nSPS) is 32.2. The van der Waals surface area contributed by atoms with Crippen molar-refractivity contribution >= 4 is 0 Å². The number of benzene rings is 1. The highest BCUT2D eigenvalue weighted by molar-refractivity contribution is 5.31. The third kappa shape index (κ3) is 2.19. The molecule has 1 heterocycles. The summed E-state index contributed by atoms with van der Waals surface area (Å²) in [5, 5.41) is 3.62. The molecular formula is C15H21NO. The Morgan fingerprint density at radius 3 is 3.06 bits per heavy atom. The number of rotatable bonds is 2. The summed E-state index contributed by atoms with van der Waals surface area (Å²) >= 11 is 0. The van der Waals surface area contributed by atoms with Crippen molar-refractivity contribution in [2.75, 3.05) is 13.7 Å². The Morgan fingerprint density at radius 2 is 2.18 bits per heavy atom. The van der Waals surface area contributed by atoms with Gasteiger partial charge in [-0.05, 0) is 61.8 Å². The van der Waals surface area contributed by atoms with Gasteiger partial charge in [-0.3, -0.25) is 0 Å². The van der Waals surface area contributed by atoms with E-state index < -0.39 is 0 Å². The highest BCUT2D eigenvalue weighted by Crippen LogP contribution is 2.42. The maximum atomic E-state index is 5.34. The summed E-state index contributed by atoms with van der Waals surface area (Å²) in [5.74, 6) is 2.63. The topological polar surface area (TPSA) is 21.3 Å². The van der Waals surface area contributed by atoms with Gasteiger partial charge in [0.05, 0.1) is 7.11 Å². The van der Waals surface area contributed by atoms with Gasteiger partial charge in [0.1, 0.15) is 5.75 Å². The zero-order valence-electron chi connectivity index (χ0n) is 10.5. The van der Waals surface area contributed by atoms with Crippen LogP contribution in [0, 0.1) is 5.92 Å². The summed E-state index contributed by atoms with van der Waals surface area (Å²) in [6.07, 6.45) is 5.36. The SMILES string of the molecule is COc1cccc(C2CCC3CC2CCN3)c1. The van der Waals surface area contributed by atoms with Gasteiger partial charge in [-0.2, -0.15) is 0 Å². The molecule has 0 spiro atoms. The van der Waals surface area contributed by atoms with Crippen molar-refractivity contribution in [2.45, 2.75) is 37.6 Å². The summed E-state index contributed by atoms with van der Waals surface area (Å²) in [7, 11) is 1.75. The molecular weight excluding hydrogens is 210 g/mol. The molecule has 2 nitrogen and oxygen atoms in total. The second-order valence-corrected chi connectivity index (χ2v) is 5.40. The van der Waals surface area contributed by atoms with Gasteiger partial charge in [0.15, 0.2) is 0 Å². The van der Waals surface area contributed by atoms with Crippen LogP contribution in [0.25, 0.3) is 0 Å². The van der Waals surface area contributed by atoms with E-state index in [1.54, 1.807) is 7.11 Å².